The number of rotatable bonds is 7. The molecule has 0 radical (unpaired) electrons. The highest BCUT2D eigenvalue weighted by atomic mass is 35.5. The Balaban J connectivity index is 1.66. The first-order valence-electron chi connectivity index (χ1n) is 8.88. The molecule has 0 aliphatic carbocycles. The van der Waals surface area contributed by atoms with Crippen molar-refractivity contribution in [2.24, 2.45) is 0 Å². The molecule has 5 nitrogen and oxygen atoms in total. The molecule has 0 saturated heterocycles. The van der Waals surface area contributed by atoms with E-state index in [1.165, 1.54) is 19.3 Å². The number of hydrogen-bond acceptors (Lipinski definition) is 4. The fraction of sp³-hybridized carbons (Fsp3) is 0.0870. The molecule has 0 aliphatic rings. The maximum atomic E-state index is 12.3. The summed E-state index contributed by atoms with van der Waals surface area (Å²) in [5.41, 5.74) is 2.14. The Bertz CT molecular complexity index is 1030. The van der Waals surface area contributed by atoms with Crippen LogP contribution < -0.4 is 14.8 Å². The van der Waals surface area contributed by atoms with Crippen molar-refractivity contribution in [2.75, 3.05) is 12.4 Å². The molecule has 148 valence electrons. The average molecular weight is 410 g/mol. The molecule has 0 fully saturated rings. The fourth-order valence-corrected chi connectivity index (χ4v) is 2.83. The molecule has 3 aromatic rings. The number of aromatic hydroxyl groups is 1. The van der Waals surface area contributed by atoms with Crippen molar-refractivity contribution < 1.29 is 19.4 Å². The number of carbonyl (C=O) groups excluding carboxylic acids is 1. The van der Waals surface area contributed by atoms with Gasteiger partial charge in [0.1, 0.15) is 12.4 Å². The fourth-order valence-electron chi connectivity index (χ4n) is 2.64. The van der Waals surface area contributed by atoms with Crippen molar-refractivity contribution in [1.82, 2.24) is 0 Å². The van der Waals surface area contributed by atoms with Crippen LogP contribution in [0.1, 0.15) is 11.1 Å². The second-order valence-electron chi connectivity index (χ2n) is 6.13. The van der Waals surface area contributed by atoms with Crippen LogP contribution in [0.15, 0.2) is 72.8 Å². The third-order valence-electron chi connectivity index (χ3n) is 4.13. The van der Waals surface area contributed by atoms with Gasteiger partial charge in [-0.15, -0.1) is 0 Å². The van der Waals surface area contributed by atoms with Crippen molar-refractivity contribution in [3.05, 3.63) is 89.0 Å². The number of phenolic OH excluding ortho intramolecular Hbond substituents is 1. The lowest BCUT2D eigenvalue weighted by atomic mass is 10.1. The molecule has 0 unspecified atom stereocenters. The van der Waals surface area contributed by atoms with E-state index in [9.17, 15) is 9.90 Å². The van der Waals surface area contributed by atoms with Crippen LogP contribution in [0, 0.1) is 0 Å². The summed E-state index contributed by atoms with van der Waals surface area (Å²) in [7, 11) is 1.48. The Morgan fingerprint density at radius 1 is 1.07 bits per heavy atom. The van der Waals surface area contributed by atoms with E-state index in [1.807, 2.05) is 30.3 Å². The number of benzene rings is 3. The highest BCUT2D eigenvalue weighted by Gasteiger charge is 2.07. The summed E-state index contributed by atoms with van der Waals surface area (Å²) in [4.78, 5) is 12.3. The van der Waals surface area contributed by atoms with E-state index in [0.717, 1.165) is 5.56 Å². The summed E-state index contributed by atoms with van der Waals surface area (Å²) in [5.74, 6) is 0.663. The van der Waals surface area contributed by atoms with Gasteiger partial charge >= 0.3 is 0 Å². The SMILES string of the molecule is COc1ccc(C=CC(=O)Nc2ccccc2COc2ccccc2Cl)cc1O. The van der Waals surface area contributed by atoms with Gasteiger partial charge in [-0.2, -0.15) is 0 Å². The van der Waals surface area contributed by atoms with Gasteiger partial charge in [-0.25, -0.2) is 0 Å². The number of para-hydroxylation sites is 2. The number of anilines is 1. The highest BCUT2D eigenvalue weighted by Crippen LogP contribution is 2.27. The molecule has 0 saturated carbocycles. The summed E-state index contributed by atoms with van der Waals surface area (Å²) in [6, 6.07) is 19.5. The van der Waals surface area contributed by atoms with Gasteiger partial charge in [-0.1, -0.05) is 48.0 Å². The highest BCUT2D eigenvalue weighted by molar-refractivity contribution is 6.32. The Morgan fingerprint density at radius 3 is 2.59 bits per heavy atom. The summed E-state index contributed by atoms with van der Waals surface area (Å²) in [6.07, 6.45) is 3.00. The minimum atomic E-state index is -0.300. The van der Waals surface area contributed by atoms with Crippen LogP contribution in [-0.4, -0.2) is 18.1 Å². The second-order valence-corrected chi connectivity index (χ2v) is 6.54. The number of carbonyl (C=O) groups is 1. The topological polar surface area (TPSA) is 67.8 Å². The standard InChI is InChI=1S/C23H20ClNO4/c1-28-22-12-10-16(14-20(22)26)11-13-23(27)25-19-8-4-2-6-17(19)15-29-21-9-5-3-7-18(21)24/h2-14,26H,15H2,1H3,(H,25,27). The summed E-state index contributed by atoms with van der Waals surface area (Å²) in [5, 5.41) is 13.2. The minimum absolute atomic E-state index is 0.0112. The largest absolute Gasteiger partial charge is 0.504 e. The maximum Gasteiger partial charge on any atom is 0.248 e. The van der Waals surface area contributed by atoms with Gasteiger partial charge in [0.05, 0.1) is 12.1 Å². The van der Waals surface area contributed by atoms with E-state index in [0.29, 0.717) is 27.8 Å². The van der Waals surface area contributed by atoms with Gasteiger partial charge in [-0.05, 0) is 42.0 Å². The maximum absolute atomic E-state index is 12.3. The molecule has 3 aromatic carbocycles. The summed E-state index contributed by atoms with van der Waals surface area (Å²) in [6.45, 7) is 0.260. The lowest BCUT2D eigenvalue weighted by Gasteiger charge is -2.12. The zero-order chi connectivity index (χ0) is 20.6. The molecular formula is C23H20ClNO4. The zero-order valence-electron chi connectivity index (χ0n) is 15.8. The molecule has 3 rings (SSSR count). The minimum Gasteiger partial charge on any atom is -0.504 e. The summed E-state index contributed by atoms with van der Waals surface area (Å²) >= 11 is 6.11. The Kier molecular flexibility index (Phi) is 6.76. The van der Waals surface area contributed by atoms with Crippen molar-refractivity contribution in [3.8, 4) is 17.2 Å². The lowest BCUT2D eigenvalue weighted by Crippen LogP contribution is -2.10. The zero-order valence-corrected chi connectivity index (χ0v) is 16.5. The quantitative estimate of drug-likeness (QED) is 0.520. The van der Waals surface area contributed by atoms with Gasteiger partial charge in [0.25, 0.3) is 0 Å². The van der Waals surface area contributed by atoms with E-state index >= 15 is 0 Å². The van der Waals surface area contributed by atoms with E-state index < -0.39 is 0 Å². The van der Waals surface area contributed by atoms with Gasteiger partial charge < -0.3 is 19.9 Å². The van der Waals surface area contributed by atoms with Gasteiger partial charge in [-0.3, -0.25) is 4.79 Å². The molecular weight excluding hydrogens is 390 g/mol. The van der Waals surface area contributed by atoms with Gasteiger partial charge in [0.15, 0.2) is 11.5 Å². The van der Waals surface area contributed by atoms with Crippen molar-refractivity contribution >= 4 is 29.3 Å². The smallest absolute Gasteiger partial charge is 0.248 e. The number of amides is 1. The molecule has 29 heavy (non-hydrogen) atoms. The Labute approximate surface area is 174 Å². The van der Waals surface area contributed by atoms with Crippen LogP contribution in [0.5, 0.6) is 17.2 Å². The molecule has 0 bridgehead atoms. The average Bonchev–Trinajstić information content (AvgIpc) is 2.73. The van der Waals surface area contributed by atoms with Crippen molar-refractivity contribution in [1.29, 1.82) is 0 Å². The number of nitrogens with one attached hydrogen (secondary N) is 1. The van der Waals surface area contributed by atoms with Crippen LogP contribution >= 0.6 is 11.6 Å². The predicted molar refractivity (Wildman–Crippen MR) is 115 cm³/mol. The Hall–Kier alpha value is -3.44. The van der Waals surface area contributed by atoms with E-state index in [-0.39, 0.29) is 18.3 Å². The normalized spacial score (nSPS) is 10.7. The monoisotopic (exact) mass is 409 g/mol. The molecule has 0 aliphatic heterocycles. The van der Waals surface area contributed by atoms with Crippen molar-refractivity contribution in [2.45, 2.75) is 6.61 Å². The summed E-state index contributed by atoms with van der Waals surface area (Å²) < 4.78 is 10.8. The first-order chi connectivity index (χ1) is 14.1. The lowest BCUT2D eigenvalue weighted by molar-refractivity contribution is -0.111. The Morgan fingerprint density at radius 2 is 1.83 bits per heavy atom. The first kappa shape index (κ1) is 20.3. The number of halogens is 1. The van der Waals surface area contributed by atoms with E-state index in [4.69, 9.17) is 21.1 Å². The third kappa shape index (κ3) is 5.53. The van der Waals surface area contributed by atoms with Crippen molar-refractivity contribution in [3.63, 3.8) is 0 Å². The van der Waals surface area contributed by atoms with Crippen LogP contribution in [0.4, 0.5) is 5.69 Å². The number of methoxy groups -OCH3 is 1. The number of phenols is 1. The molecule has 2 N–H and O–H groups in total. The molecule has 0 heterocycles. The van der Waals surface area contributed by atoms with Gasteiger partial charge in [0, 0.05) is 17.3 Å². The third-order valence-corrected chi connectivity index (χ3v) is 4.44. The molecule has 6 heteroatoms. The van der Waals surface area contributed by atoms with Crippen LogP contribution in [0.25, 0.3) is 6.08 Å². The van der Waals surface area contributed by atoms with E-state index in [1.54, 1.807) is 36.4 Å². The first-order valence-corrected chi connectivity index (χ1v) is 9.26. The number of hydrogen-bond donors (Lipinski definition) is 2. The molecule has 0 aromatic heterocycles. The van der Waals surface area contributed by atoms with Crippen LogP contribution in [0.3, 0.4) is 0 Å². The second kappa shape index (κ2) is 9.66. The van der Waals surface area contributed by atoms with Gasteiger partial charge in [0.2, 0.25) is 5.91 Å². The van der Waals surface area contributed by atoms with Crippen LogP contribution in [-0.2, 0) is 11.4 Å². The molecule has 0 atom stereocenters. The predicted octanol–water partition coefficient (Wildman–Crippen LogP) is 5.29. The van der Waals surface area contributed by atoms with Crippen LogP contribution in [0.2, 0.25) is 5.02 Å². The number of ether oxygens (including phenoxy) is 2. The molecule has 0 spiro atoms. The molecule has 1 amide bonds. The van der Waals surface area contributed by atoms with E-state index in [2.05, 4.69) is 5.32 Å².